The maximum absolute atomic E-state index is 5.87. The second kappa shape index (κ2) is 11.7. The number of nitrogens with one attached hydrogen (secondary N) is 1. The Hall–Kier alpha value is -1.11. The summed E-state index contributed by atoms with van der Waals surface area (Å²) in [5, 5.41) is 3.23. The van der Waals surface area contributed by atoms with Gasteiger partial charge < -0.3 is 11.1 Å². The van der Waals surface area contributed by atoms with Gasteiger partial charge in [-0.05, 0) is 18.3 Å². The maximum atomic E-state index is 5.87. The minimum Gasteiger partial charge on any atom is -0.390 e. The molecular weight excluding hydrogens is 288 g/mol. The number of hydrogen-bond acceptors (Lipinski definition) is 5. The normalized spacial score (nSPS) is 11.4. The molecule has 0 spiro atoms. The SMILES string of the molecule is NC/C=C\C=C/NCCSSCC[n+]1ccccc1N. The number of allylic oxidation sites excluding steroid dienone is 2. The van der Waals surface area contributed by atoms with Gasteiger partial charge in [-0.25, -0.2) is 4.57 Å². The summed E-state index contributed by atoms with van der Waals surface area (Å²) in [5.74, 6) is 2.94. The number of aromatic nitrogens is 1. The molecule has 0 unspecified atom stereocenters. The third-order valence-electron chi connectivity index (χ3n) is 2.40. The van der Waals surface area contributed by atoms with E-state index in [9.17, 15) is 0 Å². The fourth-order valence-corrected chi connectivity index (χ4v) is 3.30. The molecule has 5 N–H and O–H groups in total. The molecule has 0 aliphatic rings. The van der Waals surface area contributed by atoms with Gasteiger partial charge in [-0.15, -0.1) is 0 Å². The monoisotopic (exact) mass is 311 g/mol. The van der Waals surface area contributed by atoms with Gasteiger partial charge in [0, 0.05) is 30.7 Å². The molecule has 0 aromatic carbocycles. The number of nitrogens with two attached hydrogens (primary N) is 2. The van der Waals surface area contributed by atoms with Crippen molar-refractivity contribution in [3.8, 4) is 0 Å². The van der Waals surface area contributed by atoms with E-state index in [0.717, 1.165) is 30.4 Å². The minimum absolute atomic E-state index is 0.584. The first-order valence-electron chi connectivity index (χ1n) is 6.58. The summed E-state index contributed by atoms with van der Waals surface area (Å²) in [6, 6.07) is 5.88. The summed E-state index contributed by atoms with van der Waals surface area (Å²) in [4.78, 5) is 0. The van der Waals surface area contributed by atoms with Crippen LogP contribution >= 0.6 is 21.6 Å². The zero-order valence-corrected chi connectivity index (χ0v) is 13.2. The van der Waals surface area contributed by atoms with E-state index in [4.69, 9.17) is 11.5 Å². The largest absolute Gasteiger partial charge is 0.390 e. The first-order valence-corrected chi connectivity index (χ1v) is 9.07. The summed E-state index contributed by atoms with van der Waals surface area (Å²) < 4.78 is 2.07. The molecule has 1 aromatic rings. The third kappa shape index (κ3) is 8.14. The van der Waals surface area contributed by atoms with Crippen LogP contribution in [0.3, 0.4) is 0 Å². The highest BCUT2D eigenvalue weighted by Gasteiger charge is 2.01. The van der Waals surface area contributed by atoms with Crippen LogP contribution < -0.4 is 21.4 Å². The van der Waals surface area contributed by atoms with Crippen molar-refractivity contribution in [1.29, 1.82) is 0 Å². The van der Waals surface area contributed by atoms with Gasteiger partial charge >= 0.3 is 0 Å². The Bertz CT molecular complexity index is 421. The first-order chi connectivity index (χ1) is 9.84. The summed E-state index contributed by atoms with van der Waals surface area (Å²) in [6.07, 6.45) is 9.77. The standard InChI is InChI=1S/C14H22N4S2/c15-7-3-1-4-8-17-9-12-19-20-13-11-18-10-5-2-6-14(18)16/h1-6,8,10,16-17H,7,9,11-13,15H2/p+1/b3-1-,8-4-. The topological polar surface area (TPSA) is 68.0 Å². The Morgan fingerprint density at radius 1 is 1.20 bits per heavy atom. The fraction of sp³-hybridized carbons (Fsp3) is 0.357. The predicted molar refractivity (Wildman–Crippen MR) is 91.3 cm³/mol. The Morgan fingerprint density at radius 2 is 2.05 bits per heavy atom. The highest BCUT2D eigenvalue weighted by molar-refractivity contribution is 8.76. The van der Waals surface area contributed by atoms with Crippen LogP contribution in [0, 0.1) is 0 Å². The quantitative estimate of drug-likeness (QED) is 0.265. The molecule has 1 rings (SSSR count). The molecule has 1 heterocycles. The van der Waals surface area contributed by atoms with E-state index in [2.05, 4.69) is 9.88 Å². The van der Waals surface area contributed by atoms with Gasteiger partial charge in [0.1, 0.15) is 6.54 Å². The van der Waals surface area contributed by atoms with Crippen molar-refractivity contribution >= 4 is 27.4 Å². The number of nitrogens with zero attached hydrogens (tertiary/aromatic N) is 1. The van der Waals surface area contributed by atoms with Crippen molar-refractivity contribution in [3.63, 3.8) is 0 Å². The Labute approximate surface area is 129 Å². The average molecular weight is 312 g/mol. The van der Waals surface area contributed by atoms with Crippen molar-refractivity contribution in [2.45, 2.75) is 6.54 Å². The Kier molecular flexibility index (Phi) is 9.91. The van der Waals surface area contributed by atoms with Gasteiger partial charge in [-0.3, -0.25) is 5.73 Å². The van der Waals surface area contributed by atoms with Gasteiger partial charge in [0.15, 0.2) is 0 Å². The molecule has 0 fully saturated rings. The molecule has 0 atom stereocenters. The van der Waals surface area contributed by atoms with Crippen LogP contribution in [0.4, 0.5) is 5.82 Å². The molecule has 1 aromatic heterocycles. The van der Waals surface area contributed by atoms with Crippen LogP contribution in [0.1, 0.15) is 0 Å². The lowest BCUT2D eigenvalue weighted by Gasteiger charge is -2.03. The zero-order valence-electron chi connectivity index (χ0n) is 11.6. The van der Waals surface area contributed by atoms with E-state index >= 15 is 0 Å². The van der Waals surface area contributed by atoms with Crippen molar-refractivity contribution < 1.29 is 4.57 Å². The smallest absolute Gasteiger partial charge is 0.272 e. The van der Waals surface area contributed by atoms with Crippen LogP contribution in [-0.2, 0) is 6.54 Å². The van der Waals surface area contributed by atoms with Crippen molar-refractivity contribution in [3.05, 3.63) is 48.8 Å². The number of nitrogen functional groups attached to an aromatic ring is 1. The molecule has 0 radical (unpaired) electrons. The van der Waals surface area contributed by atoms with Gasteiger partial charge in [-0.2, -0.15) is 0 Å². The summed E-state index contributed by atoms with van der Waals surface area (Å²) in [6.45, 7) is 2.49. The van der Waals surface area contributed by atoms with E-state index in [0.29, 0.717) is 6.54 Å². The molecule has 4 nitrogen and oxygen atoms in total. The molecule has 0 aliphatic heterocycles. The number of hydrogen-bond donors (Lipinski definition) is 3. The van der Waals surface area contributed by atoms with E-state index in [1.54, 1.807) is 0 Å². The second-order valence-electron chi connectivity index (χ2n) is 3.94. The summed E-state index contributed by atoms with van der Waals surface area (Å²) >= 11 is 0. The molecule has 0 bridgehead atoms. The minimum atomic E-state index is 0.584. The lowest BCUT2D eigenvalue weighted by molar-refractivity contribution is -0.678. The van der Waals surface area contributed by atoms with Crippen LogP contribution in [0.2, 0.25) is 0 Å². The van der Waals surface area contributed by atoms with Crippen LogP contribution in [0.15, 0.2) is 48.8 Å². The maximum Gasteiger partial charge on any atom is 0.272 e. The lowest BCUT2D eigenvalue weighted by Crippen LogP contribution is -2.37. The van der Waals surface area contributed by atoms with Crippen molar-refractivity contribution in [2.75, 3.05) is 30.3 Å². The molecule has 20 heavy (non-hydrogen) atoms. The van der Waals surface area contributed by atoms with E-state index < -0.39 is 0 Å². The van der Waals surface area contributed by atoms with E-state index in [1.165, 1.54) is 0 Å². The molecule has 0 saturated carbocycles. The van der Waals surface area contributed by atoms with Gasteiger partial charge in [0.05, 0.1) is 6.20 Å². The summed E-state index contributed by atoms with van der Waals surface area (Å²) in [5.41, 5.74) is 11.2. The second-order valence-corrected chi connectivity index (χ2v) is 6.64. The van der Waals surface area contributed by atoms with Crippen LogP contribution in [-0.4, -0.2) is 24.6 Å². The third-order valence-corrected chi connectivity index (χ3v) is 4.79. The van der Waals surface area contributed by atoms with E-state index in [-0.39, 0.29) is 0 Å². The average Bonchev–Trinajstić information content (AvgIpc) is 2.46. The van der Waals surface area contributed by atoms with Crippen LogP contribution in [0.25, 0.3) is 0 Å². The molecule has 0 saturated heterocycles. The molecular formula is C14H23N4S2+. The molecule has 110 valence electrons. The summed E-state index contributed by atoms with van der Waals surface area (Å²) in [7, 11) is 3.75. The van der Waals surface area contributed by atoms with Gasteiger partial charge in [-0.1, -0.05) is 39.8 Å². The molecule has 0 aliphatic carbocycles. The van der Waals surface area contributed by atoms with Crippen LogP contribution in [0.5, 0.6) is 0 Å². The lowest BCUT2D eigenvalue weighted by atomic mass is 10.4. The predicted octanol–water partition coefficient (Wildman–Crippen LogP) is 1.56. The number of anilines is 1. The first kappa shape index (κ1) is 16.9. The fourth-order valence-electron chi connectivity index (χ4n) is 1.41. The highest BCUT2D eigenvalue weighted by atomic mass is 33.1. The Morgan fingerprint density at radius 3 is 2.85 bits per heavy atom. The van der Waals surface area contributed by atoms with Gasteiger partial charge in [0.25, 0.3) is 5.82 Å². The number of rotatable bonds is 10. The zero-order chi connectivity index (χ0) is 14.5. The molecule has 6 heteroatoms. The van der Waals surface area contributed by atoms with Gasteiger partial charge in [0.2, 0.25) is 0 Å². The molecule has 0 amide bonds. The van der Waals surface area contributed by atoms with Crippen molar-refractivity contribution in [2.24, 2.45) is 5.73 Å². The number of pyridine rings is 1. The Balaban J connectivity index is 1.96. The van der Waals surface area contributed by atoms with Crippen molar-refractivity contribution in [1.82, 2.24) is 5.32 Å². The van der Waals surface area contributed by atoms with E-state index in [1.807, 2.05) is 70.4 Å². The number of aryl methyl sites for hydroxylation is 1. The highest BCUT2D eigenvalue weighted by Crippen LogP contribution is 2.19.